The molecule has 0 fully saturated rings. The smallest absolute Gasteiger partial charge is 0.280 e. The number of nitrogens with zero attached hydrogens (tertiary/aromatic N) is 1. The molecule has 0 unspecified atom stereocenters. The summed E-state index contributed by atoms with van der Waals surface area (Å²) in [7, 11) is 0. The van der Waals surface area contributed by atoms with Gasteiger partial charge in [0.15, 0.2) is 6.10 Å². The Hall–Kier alpha value is -2.73. The molecule has 0 bridgehead atoms. The summed E-state index contributed by atoms with van der Waals surface area (Å²) in [6, 6.07) is 19.6. The van der Waals surface area contributed by atoms with E-state index in [0.717, 1.165) is 11.1 Å². The molecular weight excluding hydrogens is 459 g/mol. The lowest BCUT2D eigenvalue weighted by molar-refractivity contribution is -0.127. The quantitative estimate of drug-likeness (QED) is 0.313. The van der Waals surface area contributed by atoms with Gasteiger partial charge in [-0.1, -0.05) is 59.1 Å². The van der Waals surface area contributed by atoms with Crippen molar-refractivity contribution in [3.8, 4) is 11.5 Å². The van der Waals surface area contributed by atoms with Crippen molar-refractivity contribution in [2.75, 3.05) is 0 Å². The Morgan fingerprint density at radius 2 is 1.77 bits per heavy atom. The first-order valence-electron chi connectivity index (χ1n) is 9.32. The van der Waals surface area contributed by atoms with E-state index < -0.39 is 12.0 Å². The summed E-state index contributed by atoms with van der Waals surface area (Å²) in [5, 5.41) is 5.47. The van der Waals surface area contributed by atoms with Crippen LogP contribution in [0.1, 0.15) is 18.1 Å². The van der Waals surface area contributed by atoms with Gasteiger partial charge in [-0.05, 0) is 60.5 Å². The van der Waals surface area contributed by atoms with E-state index in [0.29, 0.717) is 33.2 Å². The number of benzene rings is 3. The average Bonchev–Trinajstić information content (AvgIpc) is 2.75. The second-order valence-corrected chi connectivity index (χ2v) is 7.84. The number of nitrogens with one attached hydrogen (secondary N) is 1. The van der Waals surface area contributed by atoms with Gasteiger partial charge in [-0.25, -0.2) is 5.43 Å². The van der Waals surface area contributed by atoms with Crippen LogP contribution in [0.4, 0.5) is 0 Å². The molecule has 31 heavy (non-hydrogen) atoms. The number of carbonyl (C=O) groups excluding carboxylic acids is 1. The Bertz CT molecular complexity index is 1070. The number of ether oxygens (including phenoxy) is 2. The summed E-state index contributed by atoms with van der Waals surface area (Å²) in [5.41, 5.74) is 4.22. The zero-order chi connectivity index (χ0) is 22.2. The van der Waals surface area contributed by atoms with Gasteiger partial charge in [-0.3, -0.25) is 4.79 Å². The molecule has 3 rings (SSSR count). The highest BCUT2D eigenvalue weighted by Crippen LogP contribution is 2.28. The highest BCUT2D eigenvalue weighted by atomic mass is 35.5. The second kappa shape index (κ2) is 11.0. The molecule has 3 aromatic rings. The summed E-state index contributed by atoms with van der Waals surface area (Å²) in [4.78, 5) is 12.2. The number of amides is 1. The molecule has 0 saturated carbocycles. The van der Waals surface area contributed by atoms with Crippen LogP contribution in [-0.4, -0.2) is 18.2 Å². The molecule has 1 amide bonds. The van der Waals surface area contributed by atoms with Gasteiger partial charge in [0.2, 0.25) is 0 Å². The highest BCUT2D eigenvalue weighted by molar-refractivity contribution is 6.35. The first-order valence-corrected chi connectivity index (χ1v) is 10.5. The van der Waals surface area contributed by atoms with Crippen LogP contribution in [0.2, 0.25) is 15.1 Å². The minimum atomic E-state index is -0.801. The van der Waals surface area contributed by atoms with Crippen molar-refractivity contribution in [1.82, 2.24) is 5.43 Å². The molecule has 1 N–H and O–H groups in total. The van der Waals surface area contributed by atoms with Gasteiger partial charge in [0.25, 0.3) is 5.91 Å². The van der Waals surface area contributed by atoms with Gasteiger partial charge in [0.05, 0.1) is 11.2 Å². The van der Waals surface area contributed by atoms with Crippen LogP contribution in [0.25, 0.3) is 0 Å². The third-order valence-electron chi connectivity index (χ3n) is 4.13. The topological polar surface area (TPSA) is 59.9 Å². The Kier molecular flexibility index (Phi) is 8.18. The van der Waals surface area contributed by atoms with Gasteiger partial charge in [0, 0.05) is 10.0 Å². The van der Waals surface area contributed by atoms with E-state index in [2.05, 4.69) is 10.5 Å². The molecule has 3 aromatic carbocycles. The lowest BCUT2D eigenvalue weighted by Crippen LogP contribution is -2.33. The first kappa shape index (κ1) is 22.9. The Morgan fingerprint density at radius 1 is 1.03 bits per heavy atom. The molecule has 0 heterocycles. The van der Waals surface area contributed by atoms with Gasteiger partial charge in [-0.2, -0.15) is 5.10 Å². The summed E-state index contributed by atoms with van der Waals surface area (Å²) in [6.45, 7) is 2.01. The van der Waals surface area contributed by atoms with Crippen LogP contribution in [-0.2, 0) is 11.4 Å². The monoisotopic (exact) mass is 476 g/mol. The molecule has 0 spiro atoms. The second-order valence-electron chi connectivity index (χ2n) is 6.56. The summed E-state index contributed by atoms with van der Waals surface area (Å²) >= 11 is 17.8. The molecule has 160 valence electrons. The van der Waals surface area contributed by atoms with Gasteiger partial charge < -0.3 is 9.47 Å². The largest absolute Gasteiger partial charge is 0.489 e. The van der Waals surface area contributed by atoms with Crippen LogP contribution in [0.15, 0.2) is 71.8 Å². The van der Waals surface area contributed by atoms with Gasteiger partial charge >= 0.3 is 0 Å². The number of rotatable bonds is 8. The van der Waals surface area contributed by atoms with E-state index in [-0.39, 0.29) is 0 Å². The number of hydrogen-bond acceptors (Lipinski definition) is 4. The Balaban J connectivity index is 1.52. The van der Waals surface area contributed by atoms with Crippen LogP contribution in [0.5, 0.6) is 11.5 Å². The van der Waals surface area contributed by atoms with Crippen molar-refractivity contribution in [2.24, 2.45) is 5.10 Å². The molecule has 8 heteroatoms. The molecular formula is C23H19Cl3N2O3. The molecule has 0 aromatic heterocycles. The fraction of sp³-hybridized carbons (Fsp3) is 0.130. The molecule has 0 aliphatic rings. The van der Waals surface area contributed by atoms with Crippen LogP contribution >= 0.6 is 34.8 Å². The van der Waals surface area contributed by atoms with Gasteiger partial charge in [-0.15, -0.1) is 0 Å². The maximum absolute atomic E-state index is 12.2. The van der Waals surface area contributed by atoms with Crippen LogP contribution < -0.4 is 14.9 Å². The summed E-state index contributed by atoms with van der Waals surface area (Å²) in [6.07, 6.45) is 0.722. The Labute approximate surface area is 195 Å². The lowest BCUT2D eigenvalue weighted by Gasteiger charge is -2.14. The van der Waals surface area contributed by atoms with Crippen molar-refractivity contribution in [3.63, 3.8) is 0 Å². The van der Waals surface area contributed by atoms with E-state index in [4.69, 9.17) is 44.3 Å². The average molecular weight is 478 g/mol. The minimum absolute atomic E-state index is 0.325. The fourth-order valence-corrected chi connectivity index (χ4v) is 3.09. The van der Waals surface area contributed by atoms with Crippen molar-refractivity contribution >= 4 is 46.9 Å². The molecule has 5 nitrogen and oxygen atoms in total. The number of halogens is 3. The number of hydrogen-bond donors (Lipinski definition) is 1. The SMILES string of the molecule is C[C@@H](Oc1ccc(Cl)cc1Cl)C(=O)N/N=C\c1cccc(OCc2ccc(Cl)cc2)c1. The highest BCUT2D eigenvalue weighted by Gasteiger charge is 2.15. The van der Waals surface area contributed by atoms with E-state index in [1.54, 1.807) is 25.1 Å². The van der Waals surface area contributed by atoms with E-state index in [1.165, 1.54) is 6.21 Å². The number of carbonyl (C=O) groups is 1. The normalized spacial score (nSPS) is 11.9. The maximum Gasteiger partial charge on any atom is 0.280 e. The fourth-order valence-electron chi connectivity index (χ4n) is 2.51. The first-order chi connectivity index (χ1) is 14.9. The summed E-state index contributed by atoms with van der Waals surface area (Å²) in [5.74, 6) is 0.625. The minimum Gasteiger partial charge on any atom is -0.489 e. The van der Waals surface area contributed by atoms with Crippen molar-refractivity contribution < 1.29 is 14.3 Å². The predicted molar refractivity (Wildman–Crippen MR) is 125 cm³/mol. The molecule has 1 atom stereocenters. The Morgan fingerprint density at radius 3 is 2.52 bits per heavy atom. The van der Waals surface area contributed by atoms with E-state index in [1.807, 2.05) is 48.5 Å². The van der Waals surface area contributed by atoms with Gasteiger partial charge in [0.1, 0.15) is 18.1 Å². The van der Waals surface area contributed by atoms with Crippen LogP contribution in [0.3, 0.4) is 0 Å². The third-order valence-corrected chi connectivity index (χ3v) is 4.91. The van der Waals surface area contributed by atoms with E-state index in [9.17, 15) is 4.79 Å². The third kappa shape index (κ3) is 7.17. The predicted octanol–water partition coefficient (Wildman–Crippen LogP) is 6.14. The molecule has 0 aliphatic carbocycles. The summed E-state index contributed by atoms with van der Waals surface area (Å²) < 4.78 is 11.4. The zero-order valence-corrected chi connectivity index (χ0v) is 18.8. The van der Waals surface area contributed by atoms with Crippen molar-refractivity contribution in [2.45, 2.75) is 19.6 Å². The standard InChI is InChI=1S/C23H19Cl3N2O3/c1-15(31-22-10-9-19(25)12-21(22)26)23(29)28-27-13-17-3-2-4-20(11-17)30-14-16-5-7-18(24)8-6-16/h2-13,15H,14H2,1H3,(H,28,29)/b27-13-/t15-/m1/s1. The van der Waals surface area contributed by atoms with Crippen molar-refractivity contribution in [3.05, 3.63) is 92.9 Å². The lowest BCUT2D eigenvalue weighted by atomic mass is 10.2. The zero-order valence-electron chi connectivity index (χ0n) is 16.5. The molecule has 0 aliphatic heterocycles. The number of hydrazone groups is 1. The van der Waals surface area contributed by atoms with E-state index >= 15 is 0 Å². The van der Waals surface area contributed by atoms with Crippen LogP contribution in [0, 0.1) is 0 Å². The molecule has 0 radical (unpaired) electrons. The maximum atomic E-state index is 12.2. The molecule has 0 saturated heterocycles. The van der Waals surface area contributed by atoms with Crippen molar-refractivity contribution in [1.29, 1.82) is 0 Å².